The van der Waals surface area contributed by atoms with Crippen LogP contribution in [0.2, 0.25) is 0 Å². The maximum Gasteiger partial charge on any atom is 0.308 e. The molecule has 0 aromatic heterocycles. The van der Waals surface area contributed by atoms with E-state index in [1.165, 1.54) is 0 Å². The van der Waals surface area contributed by atoms with Gasteiger partial charge in [0.15, 0.2) is 11.5 Å². The summed E-state index contributed by atoms with van der Waals surface area (Å²) in [6.07, 6.45) is 2.15. The van der Waals surface area contributed by atoms with Crippen LogP contribution in [0.15, 0.2) is 18.2 Å². The Hall–Kier alpha value is -2.24. The van der Waals surface area contributed by atoms with Gasteiger partial charge in [0.1, 0.15) is 13.2 Å². The van der Waals surface area contributed by atoms with E-state index in [0.29, 0.717) is 19.6 Å². The molecule has 2 N–H and O–H groups in total. The van der Waals surface area contributed by atoms with Crippen LogP contribution in [0.25, 0.3) is 0 Å². The van der Waals surface area contributed by atoms with E-state index < -0.39 is 11.9 Å². The SMILES string of the molecule is CCCC(CNC(=O)C1CC1c1ccc2c(c1)OCCO2)C(=O)O. The van der Waals surface area contributed by atoms with E-state index in [0.717, 1.165) is 29.9 Å². The number of nitrogens with one attached hydrogen (secondary N) is 1. The zero-order valence-corrected chi connectivity index (χ0v) is 13.8. The molecule has 1 aliphatic heterocycles. The van der Waals surface area contributed by atoms with Crippen molar-refractivity contribution in [1.82, 2.24) is 5.32 Å². The van der Waals surface area contributed by atoms with Crippen molar-refractivity contribution in [3.63, 3.8) is 0 Å². The van der Waals surface area contributed by atoms with Gasteiger partial charge in [-0.3, -0.25) is 9.59 Å². The lowest BCUT2D eigenvalue weighted by Crippen LogP contribution is -2.34. The second-order valence-corrected chi connectivity index (χ2v) is 6.42. The first-order valence-corrected chi connectivity index (χ1v) is 8.50. The lowest BCUT2D eigenvalue weighted by atomic mass is 10.0. The van der Waals surface area contributed by atoms with Gasteiger partial charge in [0.2, 0.25) is 5.91 Å². The van der Waals surface area contributed by atoms with Gasteiger partial charge >= 0.3 is 5.97 Å². The van der Waals surface area contributed by atoms with Gasteiger partial charge in [-0.2, -0.15) is 0 Å². The molecule has 1 aromatic carbocycles. The largest absolute Gasteiger partial charge is 0.486 e. The molecule has 0 spiro atoms. The average Bonchev–Trinajstić information content (AvgIpc) is 3.38. The van der Waals surface area contributed by atoms with Crippen LogP contribution in [0, 0.1) is 11.8 Å². The summed E-state index contributed by atoms with van der Waals surface area (Å²) in [7, 11) is 0. The number of aliphatic carboxylic acids is 1. The molecule has 130 valence electrons. The highest BCUT2D eigenvalue weighted by atomic mass is 16.6. The maximum atomic E-state index is 12.2. The van der Waals surface area contributed by atoms with Gasteiger partial charge in [0.25, 0.3) is 0 Å². The molecule has 3 rings (SSSR count). The Morgan fingerprint density at radius 3 is 2.75 bits per heavy atom. The van der Waals surface area contributed by atoms with Crippen molar-refractivity contribution in [3.05, 3.63) is 23.8 Å². The van der Waals surface area contributed by atoms with Gasteiger partial charge in [0, 0.05) is 12.5 Å². The monoisotopic (exact) mass is 333 g/mol. The number of hydrogen-bond donors (Lipinski definition) is 2. The molecule has 0 bridgehead atoms. The van der Waals surface area contributed by atoms with Crippen LogP contribution in [0.3, 0.4) is 0 Å². The minimum absolute atomic E-state index is 0.0581. The third-order valence-electron chi connectivity index (χ3n) is 4.63. The first kappa shape index (κ1) is 16.6. The minimum Gasteiger partial charge on any atom is -0.486 e. The summed E-state index contributed by atoms with van der Waals surface area (Å²) in [5.41, 5.74) is 1.07. The Labute approximate surface area is 141 Å². The molecule has 3 unspecified atom stereocenters. The van der Waals surface area contributed by atoms with Crippen molar-refractivity contribution in [2.24, 2.45) is 11.8 Å². The number of carbonyl (C=O) groups excluding carboxylic acids is 1. The topological polar surface area (TPSA) is 84.9 Å². The summed E-state index contributed by atoms with van der Waals surface area (Å²) in [6.45, 7) is 3.24. The number of rotatable bonds is 7. The number of hydrogen-bond acceptors (Lipinski definition) is 4. The summed E-state index contributed by atoms with van der Waals surface area (Å²) in [5, 5.41) is 11.9. The predicted molar refractivity (Wildman–Crippen MR) is 87.3 cm³/mol. The summed E-state index contributed by atoms with van der Waals surface area (Å²) < 4.78 is 11.1. The molecule has 6 nitrogen and oxygen atoms in total. The first-order chi connectivity index (χ1) is 11.6. The fourth-order valence-electron chi connectivity index (χ4n) is 3.16. The van der Waals surface area contributed by atoms with E-state index in [1.807, 2.05) is 25.1 Å². The molecule has 24 heavy (non-hydrogen) atoms. The molecule has 1 fully saturated rings. The normalized spacial score (nSPS) is 22.5. The Morgan fingerprint density at radius 1 is 1.29 bits per heavy atom. The number of carboxylic acids is 1. The van der Waals surface area contributed by atoms with Crippen LogP contribution in [-0.2, 0) is 9.59 Å². The molecule has 1 aliphatic carbocycles. The van der Waals surface area contributed by atoms with Crippen LogP contribution in [0.1, 0.15) is 37.7 Å². The highest BCUT2D eigenvalue weighted by molar-refractivity contribution is 5.83. The molecule has 1 aromatic rings. The zero-order chi connectivity index (χ0) is 17.1. The summed E-state index contributed by atoms with van der Waals surface area (Å²) in [4.78, 5) is 23.4. The molecular formula is C18H23NO5. The smallest absolute Gasteiger partial charge is 0.308 e. The molecule has 2 aliphatic rings. The summed E-state index contributed by atoms with van der Waals surface area (Å²) in [6, 6.07) is 5.81. The Bertz CT molecular complexity index is 630. The number of carboxylic acid groups (broad SMARTS) is 1. The van der Waals surface area contributed by atoms with E-state index in [-0.39, 0.29) is 24.3 Å². The van der Waals surface area contributed by atoms with Gasteiger partial charge in [0.05, 0.1) is 5.92 Å². The number of benzene rings is 1. The van der Waals surface area contributed by atoms with Gasteiger partial charge in [-0.05, 0) is 36.5 Å². The molecule has 1 amide bonds. The molecule has 6 heteroatoms. The van der Waals surface area contributed by atoms with Crippen molar-refractivity contribution in [1.29, 1.82) is 0 Å². The van der Waals surface area contributed by atoms with Gasteiger partial charge in [-0.15, -0.1) is 0 Å². The third-order valence-corrected chi connectivity index (χ3v) is 4.63. The van der Waals surface area contributed by atoms with Crippen molar-refractivity contribution in [3.8, 4) is 11.5 Å². The van der Waals surface area contributed by atoms with E-state index in [1.54, 1.807) is 0 Å². The molecule has 0 radical (unpaired) electrons. The predicted octanol–water partition coefficient (Wildman–Crippen LogP) is 2.18. The molecule has 1 saturated carbocycles. The highest BCUT2D eigenvalue weighted by Gasteiger charge is 2.44. The Balaban J connectivity index is 1.55. The lowest BCUT2D eigenvalue weighted by Gasteiger charge is -2.19. The number of carbonyl (C=O) groups is 2. The molecule has 1 heterocycles. The van der Waals surface area contributed by atoms with Gasteiger partial charge in [-0.1, -0.05) is 19.4 Å². The number of ether oxygens (including phenoxy) is 2. The van der Waals surface area contributed by atoms with Crippen molar-refractivity contribution >= 4 is 11.9 Å². The van der Waals surface area contributed by atoms with E-state index in [9.17, 15) is 9.59 Å². The molecule has 3 atom stereocenters. The maximum absolute atomic E-state index is 12.2. The second-order valence-electron chi connectivity index (χ2n) is 6.42. The quantitative estimate of drug-likeness (QED) is 0.799. The fourth-order valence-corrected chi connectivity index (χ4v) is 3.16. The average molecular weight is 333 g/mol. The third kappa shape index (κ3) is 3.63. The van der Waals surface area contributed by atoms with Gasteiger partial charge < -0.3 is 19.9 Å². The second kappa shape index (κ2) is 7.11. The van der Waals surface area contributed by atoms with E-state index >= 15 is 0 Å². The summed E-state index contributed by atoms with van der Waals surface area (Å²) in [5.74, 6) is 0.159. The Kier molecular flexibility index (Phi) is 4.92. The van der Waals surface area contributed by atoms with Crippen LogP contribution in [0.5, 0.6) is 11.5 Å². The molecule has 0 saturated heterocycles. The first-order valence-electron chi connectivity index (χ1n) is 8.50. The zero-order valence-electron chi connectivity index (χ0n) is 13.8. The number of amides is 1. The van der Waals surface area contributed by atoms with Crippen molar-refractivity contribution in [2.45, 2.75) is 32.1 Å². The number of fused-ring (bicyclic) bond motifs is 1. The highest BCUT2D eigenvalue weighted by Crippen LogP contribution is 2.49. The van der Waals surface area contributed by atoms with Crippen LogP contribution >= 0.6 is 0 Å². The van der Waals surface area contributed by atoms with E-state index in [2.05, 4.69) is 5.32 Å². The van der Waals surface area contributed by atoms with Gasteiger partial charge in [-0.25, -0.2) is 0 Å². The lowest BCUT2D eigenvalue weighted by molar-refractivity contribution is -0.142. The fraction of sp³-hybridized carbons (Fsp3) is 0.556. The Morgan fingerprint density at radius 2 is 2.04 bits per heavy atom. The summed E-state index contributed by atoms with van der Waals surface area (Å²) >= 11 is 0. The van der Waals surface area contributed by atoms with Crippen molar-refractivity contribution in [2.75, 3.05) is 19.8 Å². The van der Waals surface area contributed by atoms with E-state index in [4.69, 9.17) is 14.6 Å². The van der Waals surface area contributed by atoms with Crippen LogP contribution < -0.4 is 14.8 Å². The molecular weight excluding hydrogens is 310 g/mol. The van der Waals surface area contributed by atoms with Crippen LogP contribution in [0.4, 0.5) is 0 Å². The van der Waals surface area contributed by atoms with Crippen LogP contribution in [-0.4, -0.2) is 36.7 Å². The minimum atomic E-state index is -0.851. The van der Waals surface area contributed by atoms with Crippen molar-refractivity contribution < 1.29 is 24.2 Å². The standard InChI is InChI=1S/C18H23NO5/c1-2-3-12(18(21)22)10-19-17(20)14-9-13(14)11-4-5-15-16(8-11)24-7-6-23-15/h4-5,8,12-14H,2-3,6-7,9-10H2,1H3,(H,19,20)(H,21,22).